The van der Waals surface area contributed by atoms with Gasteiger partial charge in [-0.1, -0.05) is 19.1 Å². The van der Waals surface area contributed by atoms with E-state index >= 15 is 0 Å². The van der Waals surface area contributed by atoms with Gasteiger partial charge < -0.3 is 11.1 Å². The number of sulfonamides is 1. The average Bonchev–Trinajstić information content (AvgIpc) is 2.26. The Morgan fingerprint density at radius 3 is 2.65 bits per heavy atom. The number of thiocarbonyl (C=S) groups is 1. The number of nitrogens with two attached hydrogens (primary N) is 1. The molecular weight excluding hydrogens is 296 g/mol. The Morgan fingerprint density at radius 1 is 1.45 bits per heavy atom. The molecule has 8 heteroatoms. The van der Waals surface area contributed by atoms with Gasteiger partial charge in [0.25, 0.3) is 0 Å². The number of nitrogens with one attached hydrogen (secondary N) is 2. The monoisotopic (exact) mass is 316 g/mol. The summed E-state index contributed by atoms with van der Waals surface area (Å²) in [7, 11) is -3.25. The minimum absolute atomic E-state index is 0.0158. The summed E-state index contributed by atoms with van der Waals surface area (Å²) < 4.78 is 25.6. The Balaban J connectivity index is 2.85. The number of pyridine rings is 1. The summed E-state index contributed by atoms with van der Waals surface area (Å²) in [6.07, 6.45) is 0. The number of anilines is 1. The molecule has 0 aliphatic carbocycles. The summed E-state index contributed by atoms with van der Waals surface area (Å²) >= 11 is 5.01. The Hall–Kier alpha value is -1.25. The molecule has 1 aromatic heterocycles. The molecule has 20 heavy (non-hydrogen) atoms. The molecule has 0 saturated carbocycles. The van der Waals surface area contributed by atoms with Gasteiger partial charge in [0.05, 0.1) is 11.3 Å². The largest absolute Gasteiger partial charge is 0.389 e. The third-order valence-electron chi connectivity index (χ3n) is 2.63. The molecule has 6 nitrogen and oxygen atoms in total. The van der Waals surface area contributed by atoms with Gasteiger partial charge in [0, 0.05) is 30.2 Å². The van der Waals surface area contributed by atoms with E-state index in [4.69, 9.17) is 18.0 Å². The summed E-state index contributed by atoms with van der Waals surface area (Å²) in [5.74, 6) is -0.0158. The minimum Gasteiger partial charge on any atom is -0.389 e. The van der Waals surface area contributed by atoms with E-state index in [0.717, 1.165) is 11.4 Å². The molecule has 112 valence electrons. The van der Waals surface area contributed by atoms with Crippen molar-refractivity contribution in [2.75, 3.05) is 24.2 Å². The van der Waals surface area contributed by atoms with Crippen LogP contribution in [0.4, 0.5) is 5.69 Å². The number of nitrogens with zero attached hydrogens (tertiary/aromatic N) is 1. The number of aromatic nitrogens is 1. The van der Waals surface area contributed by atoms with Gasteiger partial charge in [-0.15, -0.1) is 0 Å². The molecule has 0 atom stereocenters. The van der Waals surface area contributed by atoms with Gasteiger partial charge in [-0.2, -0.15) is 0 Å². The molecular formula is C12H20N4O2S2. The van der Waals surface area contributed by atoms with Crippen molar-refractivity contribution in [3.63, 3.8) is 0 Å². The van der Waals surface area contributed by atoms with E-state index in [1.54, 1.807) is 13.0 Å². The Bertz CT molecular complexity index is 600. The van der Waals surface area contributed by atoms with Gasteiger partial charge in [0.1, 0.15) is 4.99 Å². The smallest absolute Gasteiger partial charge is 0.213 e. The fourth-order valence-corrected chi connectivity index (χ4v) is 3.10. The number of rotatable bonds is 7. The van der Waals surface area contributed by atoms with Crippen LogP contribution in [0.25, 0.3) is 0 Å². The van der Waals surface area contributed by atoms with Gasteiger partial charge in [-0.05, 0) is 19.9 Å². The summed E-state index contributed by atoms with van der Waals surface area (Å²) in [5.41, 5.74) is 8.62. The summed E-state index contributed by atoms with van der Waals surface area (Å²) in [6, 6.07) is 1.81. The van der Waals surface area contributed by atoms with E-state index < -0.39 is 10.0 Å². The van der Waals surface area contributed by atoms with Crippen molar-refractivity contribution in [3.8, 4) is 0 Å². The fourth-order valence-electron chi connectivity index (χ4n) is 1.89. The molecule has 0 unspecified atom stereocenters. The first kappa shape index (κ1) is 16.8. The van der Waals surface area contributed by atoms with Gasteiger partial charge in [0.2, 0.25) is 10.0 Å². The van der Waals surface area contributed by atoms with E-state index in [0.29, 0.717) is 17.8 Å². The van der Waals surface area contributed by atoms with Crippen molar-refractivity contribution in [3.05, 3.63) is 23.0 Å². The van der Waals surface area contributed by atoms with E-state index in [1.807, 2.05) is 13.8 Å². The predicted molar refractivity (Wildman–Crippen MR) is 85.6 cm³/mol. The van der Waals surface area contributed by atoms with Crippen LogP contribution < -0.4 is 15.8 Å². The maximum Gasteiger partial charge on any atom is 0.213 e. The zero-order chi connectivity index (χ0) is 15.3. The van der Waals surface area contributed by atoms with E-state index in [9.17, 15) is 8.42 Å². The lowest BCUT2D eigenvalue weighted by molar-refractivity contribution is 0.584. The van der Waals surface area contributed by atoms with Crippen molar-refractivity contribution in [1.82, 2.24) is 9.71 Å². The molecule has 0 amide bonds. The quantitative estimate of drug-likeness (QED) is 0.640. The highest BCUT2D eigenvalue weighted by Gasteiger charge is 2.12. The van der Waals surface area contributed by atoms with Crippen LogP contribution in [0.5, 0.6) is 0 Å². The SMILES string of the molecule is CCNS(=O)(=O)CCNc1cc(C)nc(C)c1C(N)=S. The molecule has 0 fully saturated rings. The van der Waals surface area contributed by atoms with Crippen molar-refractivity contribution >= 4 is 32.9 Å². The average molecular weight is 316 g/mol. The van der Waals surface area contributed by atoms with E-state index in [1.165, 1.54) is 0 Å². The molecule has 4 N–H and O–H groups in total. The third-order valence-corrected chi connectivity index (χ3v) is 4.30. The summed E-state index contributed by atoms with van der Waals surface area (Å²) in [6.45, 7) is 6.08. The molecule has 0 aliphatic heterocycles. The second-order valence-electron chi connectivity index (χ2n) is 4.38. The lowest BCUT2D eigenvalue weighted by Crippen LogP contribution is -2.29. The molecule has 0 aromatic carbocycles. The Kier molecular flexibility index (Phi) is 5.85. The molecule has 1 heterocycles. The maximum absolute atomic E-state index is 11.6. The highest BCUT2D eigenvalue weighted by Crippen LogP contribution is 2.19. The lowest BCUT2D eigenvalue weighted by atomic mass is 10.1. The summed E-state index contributed by atoms with van der Waals surface area (Å²) in [5, 5.41) is 3.06. The number of hydrogen-bond acceptors (Lipinski definition) is 5. The second-order valence-corrected chi connectivity index (χ2v) is 6.75. The molecule has 0 saturated heterocycles. The molecule has 1 rings (SSSR count). The van der Waals surface area contributed by atoms with Gasteiger partial charge in [-0.3, -0.25) is 4.98 Å². The van der Waals surface area contributed by atoms with Gasteiger partial charge in [-0.25, -0.2) is 13.1 Å². The van der Waals surface area contributed by atoms with Crippen LogP contribution in [0.3, 0.4) is 0 Å². The molecule has 0 radical (unpaired) electrons. The number of hydrogen-bond donors (Lipinski definition) is 3. The third kappa shape index (κ3) is 4.69. The van der Waals surface area contributed by atoms with Crippen LogP contribution in [0.15, 0.2) is 6.07 Å². The fraction of sp³-hybridized carbons (Fsp3) is 0.500. The normalized spacial score (nSPS) is 11.3. The first-order valence-corrected chi connectivity index (χ1v) is 8.32. The minimum atomic E-state index is -3.25. The van der Waals surface area contributed by atoms with Crippen LogP contribution in [0.1, 0.15) is 23.9 Å². The zero-order valence-corrected chi connectivity index (χ0v) is 13.5. The zero-order valence-electron chi connectivity index (χ0n) is 11.9. The molecule has 0 spiro atoms. The summed E-state index contributed by atoms with van der Waals surface area (Å²) in [4.78, 5) is 4.55. The van der Waals surface area contributed by atoms with Crippen LogP contribution in [-0.4, -0.2) is 37.2 Å². The second kappa shape index (κ2) is 6.96. The Labute approximate surface area is 125 Å². The maximum atomic E-state index is 11.6. The topological polar surface area (TPSA) is 97.1 Å². The van der Waals surface area contributed by atoms with E-state index in [-0.39, 0.29) is 17.3 Å². The standard InChI is InChI=1S/C12H20N4O2S2/c1-4-15-20(17,18)6-5-14-10-7-8(2)16-9(3)11(10)12(13)19/h7,15H,4-6H2,1-3H3,(H2,13,19)(H,14,16). The van der Waals surface area contributed by atoms with Crippen LogP contribution in [0.2, 0.25) is 0 Å². The van der Waals surface area contributed by atoms with Crippen LogP contribution in [-0.2, 0) is 10.0 Å². The molecule has 1 aromatic rings. The highest BCUT2D eigenvalue weighted by molar-refractivity contribution is 7.89. The van der Waals surface area contributed by atoms with E-state index in [2.05, 4.69) is 15.0 Å². The van der Waals surface area contributed by atoms with Gasteiger partial charge in [0.15, 0.2) is 0 Å². The predicted octanol–water partition coefficient (Wildman–Crippen LogP) is 0.684. The Morgan fingerprint density at radius 2 is 2.10 bits per heavy atom. The highest BCUT2D eigenvalue weighted by atomic mass is 32.2. The van der Waals surface area contributed by atoms with Crippen LogP contribution >= 0.6 is 12.2 Å². The first-order valence-electron chi connectivity index (χ1n) is 6.26. The van der Waals surface area contributed by atoms with Crippen molar-refractivity contribution in [2.24, 2.45) is 5.73 Å². The molecule has 0 aliphatic rings. The van der Waals surface area contributed by atoms with Crippen molar-refractivity contribution in [2.45, 2.75) is 20.8 Å². The van der Waals surface area contributed by atoms with Crippen molar-refractivity contribution in [1.29, 1.82) is 0 Å². The van der Waals surface area contributed by atoms with Crippen molar-refractivity contribution < 1.29 is 8.42 Å². The van der Waals surface area contributed by atoms with Crippen LogP contribution in [0, 0.1) is 13.8 Å². The van der Waals surface area contributed by atoms with Gasteiger partial charge >= 0.3 is 0 Å². The molecule has 0 bridgehead atoms. The number of aryl methyl sites for hydroxylation is 2. The lowest BCUT2D eigenvalue weighted by Gasteiger charge is -2.14. The first-order chi connectivity index (χ1) is 9.26.